The topological polar surface area (TPSA) is 217 Å². The second-order valence-electron chi connectivity index (χ2n) is 12.0. The molecule has 5 heterocycles. The second-order valence-corrected chi connectivity index (χ2v) is 15.3. The zero-order valence-electron chi connectivity index (χ0n) is 27.1. The lowest BCUT2D eigenvalue weighted by atomic mass is 9.70. The first-order valence-corrected chi connectivity index (χ1v) is 19.0. The minimum absolute atomic E-state index is 0.00770. The zero-order valence-corrected chi connectivity index (χ0v) is 29.5. The minimum atomic E-state index is -3.77. The molecule has 0 bridgehead atoms. The summed E-state index contributed by atoms with van der Waals surface area (Å²) < 4.78 is 43.4. The van der Waals surface area contributed by atoms with Crippen molar-refractivity contribution < 1.29 is 37.7 Å². The summed E-state index contributed by atoms with van der Waals surface area (Å²) in [4.78, 5) is 38.0. The lowest BCUT2D eigenvalue weighted by Crippen LogP contribution is -2.43. The van der Waals surface area contributed by atoms with E-state index in [1.165, 1.54) is 23.5 Å². The molecule has 1 unspecified atom stereocenters. The number of ether oxygens (including phenoxy) is 1. The molecular weight excluding hydrogens is 742 g/mol. The average Bonchev–Trinajstić information content (AvgIpc) is 3.85. The van der Waals surface area contributed by atoms with Gasteiger partial charge in [-0.05, 0) is 36.3 Å². The van der Waals surface area contributed by atoms with Gasteiger partial charge in [0.2, 0.25) is 0 Å². The fourth-order valence-corrected chi connectivity index (χ4v) is 8.67. The number of rotatable bonds is 14. The van der Waals surface area contributed by atoms with Crippen LogP contribution in [0.25, 0.3) is 22.3 Å². The first kappa shape index (κ1) is 36.3. The lowest BCUT2D eigenvalue weighted by Gasteiger charge is -2.44. The van der Waals surface area contributed by atoms with Gasteiger partial charge in [0.05, 0.1) is 45.0 Å². The van der Waals surface area contributed by atoms with Crippen LogP contribution in [-0.2, 0) is 30.1 Å². The largest absolute Gasteiger partial charge is 0.396 e. The van der Waals surface area contributed by atoms with E-state index in [1.807, 2.05) is 10.6 Å². The summed E-state index contributed by atoms with van der Waals surface area (Å²) in [6.07, 6.45) is -0.0451. The van der Waals surface area contributed by atoms with Crippen molar-refractivity contribution in [3.05, 3.63) is 66.4 Å². The fraction of sp³-hybridized carbons (Fsp3) is 0.419. The quantitative estimate of drug-likeness (QED) is 0.0836. The number of nitrogens with zero attached hydrogens (tertiary/aromatic N) is 9. The van der Waals surface area contributed by atoms with E-state index in [0.717, 1.165) is 0 Å². The summed E-state index contributed by atoms with van der Waals surface area (Å²) in [6, 6.07) is 10.3. The Morgan fingerprint density at radius 1 is 1.06 bits per heavy atom. The van der Waals surface area contributed by atoms with Gasteiger partial charge in [-0.25, -0.2) is 34.3 Å². The molecule has 272 valence electrons. The molecule has 1 saturated heterocycles. The first-order chi connectivity index (χ1) is 25.2. The summed E-state index contributed by atoms with van der Waals surface area (Å²) in [5.41, 5.74) is 1.70. The van der Waals surface area contributed by atoms with Crippen LogP contribution in [-0.4, -0.2) is 100.0 Å². The highest BCUT2D eigenvalue weighted by atomic mass is 35.5. The molecule has 5 aromatic rings. The number of halogens is 2. The summed E-state index contributed by atoms with van der Waals surface area (Å²) in [6.45, 7) is -4.76. The molecule has 7 rings (SSSR count). The SMILES string of the molecule is N#CCCOP(=S)(OC[C@H]1C[C@@H](n2cnc3c(Cl)ncnc32)[C@@H]1CO)O[C@H]1[C@@H](F)[C@H](n2cnc3c(NC(=O)c4ccccc4)ncnc32)O[C@@H]1CO. The maximum absolute atomic E-state index is 16.4. The highest BCUT2D eigenvalue weighted by Crippen LogP contribution is 2.56. The number of carbonyl (C=O) groups excluding carboxylic acids is 1. The van der Waals surface area contributed by atoms with E-state index in [2.05, 4.69) is 35.2 Å². The second kappa shape index (κ2) is 15.5. The van der Waals surface area contributed by atoms with Gasteiger partial charge in [0.25, 0.3) is 5.91 Å². The Balaban J connectivity index is 1.06. The Bertz CT molecular complexity index is 2160. The molecule has 1 amide bonds. The zero-order chi connectivity index (χ0) is 36.4. The molecule has 21 heteroatoms. The van der Waals surface area contributed by atoms with Crippen LogP contribution in [0.3, 0.4) is 0 Å². The van der Waals surface area contributed by atoms with Crippen LogP contribution in [0.5, 0.6) is 0 Å². The van der Waals surface area contributed by atoms with Crippen LogP contribution in [0.15, 0.2) is 55.6 Å². The van der Waals surface area contributed by atoms with Crippen molar-refractivity contribution in [3.63, 3.8) is 0 Å². The normalized spacial score (nSPS) is 25.5. The Morgan fingerprint density at radius 2 is 1.79 bits per heavy atom. The van der Waals surface area contributed by atoms with E-state index in [9.17, 15) is 15.0 Å². The van der Waals surface area contributed by atoms with Crippen molar-refractivity contribution in [2.75, 3.05) is 31.7 Å². The molecule has 52 heavy (non-hydrogen) atoms. The number of nitriles is 1. The maximum Gasteiger partial charge on any atom is 0.327 e. The molecule has 1 saturated carbocycles. The van der Waals surface area contributed by atoms with E-state index in [1.54, 1.807) is 36.7 Å². The first-order valence-electron chi connectivity index (χ1n) is 16.1. The van der Waals surface area contributed by atoms with Gasteiger partial charge in [-0.3, -0.25) is 13.9 Å². The van der Waals surface area contributed by atoms with Crippen LogP contribution < -0.4 is 5.32 Å². The Morgan fingerprint density at radius 3 is 2.54 bits per heavy atom. The molecule has 17 nitrogen and oxygen atoms in total. The number of anilines is 1. The van der Waals surface area contributed by atoms with Gasteiger partial charge in [0.1, 0.15) is 30.4 Å². The number of hydrogen-bond acceptors (Lipinski definition) is 15. The standard InChI is InChI=1S/C31H31ClFN10O7PS/c32-26-23-28(37-13-35-26)42(15-39-23)20-9-18(19(20)10-44)12-48-51(52,47-8-4-7-34)50-25-21(11-45)49-31(22(25)33)43-16-40-24-27(36-14-38-29(24)43)41-30(46)17-5-2-1-3-6-17/h1-3,5-6,13-16,18-22,25,31,44-45H,4,8-12H2,(H,36,38,41,46)/t18-,19-,20-,21-,22-,25-,31-,51?/m1/s1. The van der Waals surface area contributed by atoms with E-state index in [4.69, 9.17) is 47.0 Å². The van der Waals surface area contributed by atoms with E-state index < -0.39 is 43.8 Å². The molecule has 4 aromatic heterocycles. The van der Waals surface area contributed by atoms with E-state index >= 15 is 4.39 Å². The smallest absolute Gasteiger partial charge is 0.327 e. The third kappa shape index (κ3) is 7.01. The van der Waals surface area contributed by atoms with Gasteiger partial charge in [-0.1, -0.05) is 29.8 Å². The molecule has 2 fully saturated rings. The van der Waals surface area contributed by atoms with Gasteiger partial charge in [0.15, 0.2) is 40.2 Å². The predicted octanol–water partition coefficient (Wildman–Crippen LogP) is 3.53. The van der Waals surface area contributed by atoms with Crippen LogP contribution in [0.4, 0.5) is 10.2 Å². The molecule has 0 radical (unpaired) electrons. The molecule has 1 aliphatic heterocycles. The molecule has 1 aliphatic carbocycles. The van der Waals surface area contributed by atoms with Crippen LogP contribution in [0.2, 0.25) is 5.15 Å². The van der Waals surface area contributed by atoms with Crippen molar-refractivity contribution >= 4 is 64.2 Å². The van der Waals surface area contributed by atoms with E-state index in [-0.39, 0.29) is 66.3 Å². The van der Waals surface area contributed by atoms with Crippen molar-refractivity contribution in [3.8, 4) is 6.07 Å². The third-order valence-electron chi connectivity index (χ3n) is 9.03. The van der Waals surface area contributed by atoms with Crippen molar-refractivity contribution in [1.29, 1.82) is 5.26 Å². The Kier molecular flexibility index (Phi) is 10.8. The Hall–Kier alpha value is -4.09. The van der Waals surface area contributed by atoms with Gasteiger partial charge >= 0.3 is 6.72 Å². The van der Waals surface area contributed by atoms with Crippen molar-refractivity contribution in [1.82, 2.24) is 39.0 Å². The van der Waals surface area contributed by atoms with Crippen LogP contribution in [0.1, 0.15) is 35.5 Å². The number of carbonyl (C=O) groups is 1. The number of aliphatic hydroxyl groups excluding tert-OH is 2. The number of nitrogens with one attached hydrogen (secondary N) is 1. The highest BCUT2D eigenvalue weighted by Gasteiger charge is 2.51. The van der Waals surface area contributed by atoms with Crippen LogP contribution in [0, 0.1) is 23.2 Å². The monoisotopic (exact) mass is 772 g/mol. The fourth-order valence-electron chi connectivity index (χ4n) is 6.35. The van der Waals surface area contributed by atoms with Gasteiger partial charge < -0.3 is 33.9 Å². The molecular formula is C31H31ClFN10O7PS. The summed E-state index contributed by atoms with van der Waals surface area (Å²) >= 11 is 11.9. The number of hydrogen-bond donors (Lipinski definition) is 3. The summed E-state index contributed by atoms with van der Waals surface area (Å²) in [5.74, 6) is -0.814. The summed E-state index contributed by atoms with van der Waals surface area (Å²) in [5, 5.41) is 32.6. The Labute approximate surface area is 305 Å². The highest BCUT2D eigenvalue weighted by molar-refractivity contribution is 8.07. The van der Waals surface area contributed by atoms with Gasteiger partial charge in [0, 0.05) is 24.1 Å². The maximum atomic E-state index is 16.4. The number of aliphatic hydroxyl groups is 2. The number of imidazole rings is 2. The summed E-state index contributed by atoms with van der Waals surface area (Å²) in [7, 11) is 0. The van der Waals surface area contributed by atoms with E-state index in [0.29, 0.717) is 23.1 Å². The molecule has 3 N–H and O–H groups in total. The molecule has 0 spiro atoms. The number of alkyl halides is 1. The molecule has 2 aliphatic rings. The van der Waals surface area contributed by atoms with Crippen LogP contribution >= 0.6 is 18.3 Å². The number of amides is 1. The minimum Gasteiger partial charge on any atom is -0.396 e. The number of aromatic nitrogens is 8. The molecule has 8 atom stereocenters. The number of fused-ring (bicyclic) bond motifs is 2. The van der Waals surface area contributed by atoms with Crippen molar-refractivity contribution in [2.45, 2.75) is 43.5 Å². The third-order valence-corrected chi connectivity index (χ3v) is 11.7. The lowest BCUT2D eigenvalue weighted by molar-refractivity contribution is -0.0470. The number of benzene rings is 1. The van der Waals surface area contributed by atoms with Gasteiger partial charge in [-0.2, -0.15) is 5.26 Å². The van der Waals surface area contributed by atoms with Gasteiger partial charge in [-0.15, -0.1) is 0 Å². The molecule has 1 aromatic carbocycles. The average molecular weight is 773 g/mol. The predicted molar refractivity (Wildman–Crippen MR) is 185 cm³/mol. The van der Waals surface area contributed by atoms with Crippen molar-refractivity contribution in [2.24, 2.45) is 11.8 Å².